The van der Waals surface area contributed by atoms with Crippen molar-refractivity contribution in [2.45, 2.75) is 32.3 Å². The van der Waals surface area contributed by atoms with E-state index in [1.165, 1.54) is 0 Å². The lowest BCUT2D eigenvalue weighted by molar-refractivity contribution is -0.133. The van der Waals surface area contributed by atoms with Crippen molar-refractivity contribution in [3.63, 3.8) is 0 Å². The standard InChI is InChI=1S/C12H22ClNO3/c1-2-16-9-10-17-11-4-7-14(8-5-11)12(15)3-6-13/h11H,2-10H2,1H3. The monoisotopic (exact) mass is 263 g/mol. The minimum Gasteiger partial charge on any atom is -0.379 e. The molecule has 0 bridgehead atoms. The highest BCUT2D eigenvalue weighted by atomic mass is 35.5. The van der Waals surface area contributed by atoms with Crippen LogP contribution in [0.2, 0.25) is 0 Å². The number of nitrogens with zero attached hydrogens (tertiary/aromatic N) is 1. The summed E-state index contributed by atoms with van der Waals surface area (Å²) in [6.07, 6.45) is 2.55. The molecule has 0 aromatic carbocycles. The van der Waals surface area contributed by atoms with Crippen LogP contribution in [0, 0.1) is 0 Å². The number of likely N-dealkylation sites (tertiary alicyclic amines) is 1. The first-order valence-corrected chi connectivity index (χ1v) is 6.84. The van der Waals surface area contributed by atoms with Crippen LogP contribution in [-0.2, 0) is 14.3 Å². The summed E-state index contributed by atoms with van der Waals surface area (Å²) in [4.78, 5) is 13.5. The van der Waals surface area contributed by atoms with E-state index in [-0.39, 0.29) is 12.0 Å². The lowest BCUT2D eigenvalue weighted by atomic mass is 10.1. The summed E-state index contributed by atoms with van der Waals surface area (Å²) < 4.78 is 10.9. The van der Waals surface area contributed by atoms with Crippen LogP contribution < -0.4 is 0 Å². The number of hydrogen-bond donors (Lipinski definition) is 0. The molecule has 1 heterocycles. The van der Waals surface area contributed by atoms with Gasteiger partial charge in [-0.1, -0.05) is 0 Å². The second kappa shape index (κ2) is 8.72. The van der Waals surface area contributed by atoms with E-state index < -0.39 is 0 Å². The summed E-state index contributed by atoms with van der Waals surface area (Å²) in [5, 5.41) is 0. The summed E-state index contributed by atoms with van der Waals surface area (Å²) in [5.41, 5.74) is 0. The van der Waals surface area contributed by atoms with E-state index in [1.54, 1.807) is 0 Å². The van der Waals surface area contributed by atoms with E-state index in [9.17, 15) is 4.79 Å². The van der Waals surface area contributed by atoms with Gasteiger partial charge in [0.1, 0.15) is 0 Å². The highest BCUT2D eigenvalue weighted by molar-refractivity contribution is 6.18. The van der Waals surface area contributed by atoms with Gasteiger partial charge in [-0.2, -0.15) is 0 Å². The van der Waals surface area contributed by atoms with Crippen molar-refractivity contribution in [2.75, 3.05) is 38.8 Å². The zero-order valence-electron chi connectivity index (χ0n) is 10.5. The van der Waals surface area contributed by atoms with E-state index in [4.69, 9.17) is 21.1 Å². The molecular weight excluding hydrogens is 242 g/mol. The maximum absolute atomic E-state index is 11.6. The molecule has 5 heteroatoms. The molecule has 1 aliphatic rings. The van der Waals surface area contributed by atoms with Crippen LogP contribution in [-0.4, -0.2) is 55.7 Å². The second-order valence-corrected chi connectivity index (χ2v) is 4.46. The van der Waals surface area contributed by atoms with Gasteiger partial charge >= 0.3 is 0 Å². The molecule has 0 aromatic rings. The summed E-state index contributed by atoms with van der Waals surface area (Å²) >= 11 is 5.56. The Morgan fingerprint density at radius 1 is 1.35 bits per heavy atom. The highest BCUT2D eigenvalue weighted by Crippen LogP contribution is 2.14. The van der Waals surface area contributed by atoms with Crippen LogP contribution >= 0.6 is 11.6 Å². The Morgan fingerprint density at radius 3 is 2.65 bits per heavy atom. The minimum atomic E-state index is 0.160. The summed E-state index contributed by atoms with van der Waals surface area (Å²) in [6, 6.07) is 0. The van der Waals surface area contributed by atoms with E-state index in [2.05, 4.69) is 0 Å². The van der Waals surface area contributed by atoms with Crippen molar-refractivity contribution in [3.05, 3.63) is 0 Å². The SMILES string of the molecule is CCOCCOC1CCN(C(=O)CCCl)CC1. The maximum Gasteiger partial charge on any atom is 0.223 e. The van der Waals surface area contributed by atoms with Gasteiger partial charge in [0, 0.05) is 32.0 Å². The van der Waals surface area contributed by atoms with E-state index in [1.807, 2.05) is 11.8 Å². The van der Waals surface area contributed by atoms with Crippen molar-refractivity contribution in [3.8, 4) is 0 Å². The topological polar surface area (TPSA) is 38.8 Å². The van der Waals surface area contributed by atoms with Crippen LogP contribution in [0.15, 0.2) is 0 Å². The van der Waals surface area contributed by atoms with Crippen molar-refractivity contribution in [2.24, 2.45) is 0 Å². The highest BCUT2D eigenvalue weighted by Gasteiger charge is 2.22. The average Bonchev–Trinajstić information content (AvgIpc) is 2.36. The first kappa shape index (κ1) is 14.7. The number of carbonyl (C=O) groups is 1. The van der Waals surface area contributed by atoms with Gasteiger partial charge in [0.25, 0.3) is 0 Å². The van der Waals surface area contributed by atoms with Gasteiger partial charge in [-0.3, -0.25) is 4.79 Å². The zero-order valence-corrected chi connectivity index (χ0v) is 11.2. The van der Waals surface area contributed by atoms with Crippen LogP contribution in [0.25, 0.3) is 0 Å². The van der Waals surface area contributed by atoms with Crippen LogP contribution in [0.1, 0.15) is 26.2 Å². The number of ether oxygens (including phenoxy) is 2. The molecule has 4 nitrogen and oxygen atoms in total. The molecule has 0 aromatic heterocycles. The second-order valence-electron chi connectivity index (χ2n) is 4.09. The molecule has 0 atom stereocenters. The quantitative estimate of drug-likeness (QED) is 0.518. The Balaban J connectivity index is 2.11. The Kier molecular flexibility index (Phi) is 7.56. The third kappa shape index (κ3) is 5.70. The Hall–Kier alpha value is -0.320. The summed E-state index contributed by atoms with van der Waals surface area (Å²) in [7, 11) is 0. The lowest BCUT2D eigenvalue weighted by Gasteiger charge is -2.31. The normalized spacial score (nSPS) is 17.4. The van der Waals surface area contributed by atoms with Gasteiger partial charge in [0.15, 0.2) is 0 Å². The first-order valence-electron chi connectivity index (χ1n) is 6.31. The van der Waals surface area contributed by atoms with Crippen LogP contribution in [0.4, 0.5) is 0 Å². The lowest BCUT2D eigenvalue weighted by Crippen LogP contribution is -2.41. The molecule has 1 saturated heterocycles. The summed E-state index contributed by atoms with van der Waals surface area (Å²) in [6.45, 7) is 5.58. The molecule has 0 spiro atoms. The molecule has 0 saturated carbocycles. The van der Waals surface area contributed by atoms with Crippen LogP contribution in [0.5, 0.6) is 0 Å². The molecule has 1 fully saturated rings. The van der Waals surface area contributed by atoms with E-state index >= 15 is 0 Å². The number of halogens is 1. The van der Waals surface area contributed by atoms with Crippen LogP contribution in [0.3, 0.4) is 0 Å². The van der Waals surface area contributed by atoms with Crippen molar-refractivity contribution in [1.82, 2.24) is 4.90 Å². The van der Waals surface area contributed by atoms with E-state index in [0.29, 0.717) is 25.5 Å². The van der Waals surface area contributed by atoms with Gasteiger partial charge in [-0.25, -0.2) is 0 Å². The van der Waals surface area contributed by atoms with Gasteiger partial charge in [0.2, 0.25) is 5.91 Å². The molecular formula is C12H22ClNO3. The predicted octanol–water partition coefficient (Wildman–Crippen LogP) is 1.66. The van der Waals surface area contributed by atoms with Gasteiger partial charge in [0.05, 0.1) is 19.3 Å². The van der Waals surface area contributed by atoms with E-state index in [0.717, 1.165) is 32.5 Å². The maximum atomic E-state index is 11.6. The minimum absolute atomic E-state index is 0.160. The molecule has 0 aliphatic carbocycles. The molecule has 1 amide bonds. The first-order chi connectivity index (χ1) is 8.27. The third-order valence-electron chi connectivity index (χ3n) is 2.89. The fourth-order valence-electron chi connectivity index (χ4n) is 1.93. The van der Waals surface area contributed by atoms with Crippen molar-refractivity contribution in [1.29, 1.82) is 0 Å². The van der Waals surface area contributed by atoms with Crippen molar-refractivity contribution >= 4 is 17.5 Å². The number of rotatable bonds is 7. The predicted molar refractivity (Wildman–Crippen MR) is 67.4 cm³/mol. The average molecular weight is 264 g/mol. The Morgan fingerprint density at radius 2 is 2.06 bits per heavy atom. The van der Waals surface area contributed by atoms with Gasteiger partial charge in [-0.15, -0.1) is 11.6 Å². The number of alkyl halides is 1. The molecule has 100 valence electrons. The molecule has 17 heavy (non-hydrogen) atoms. The molecule has 1 aliphatic heterocycles. The third-order valence-corrected chi connectivity index (χ3v) is 3.08. The largest absolute Gasteiger partial charge is 0.379 e. The number of carbonyl (C=O) groups excluding carboxylic acids is 1. The summed E-state index contributed by atoms with van der Waals surface area (Å²) in [5.74, 6) is 0.566. The number of hydrogen-bond acceptors (Lipinski definition) is 3. The fraction of sp³-hybridized carbons (Fsp3) is 0.917. The smallest absolute Gasteiger partial charge is 0.223 e. The molecule has 1 rings (SSSR count). The van der Waals surface area contributed by atoms with Gasteiger partial charge < -0.3 is 14.4 Å². The fourth-order valence-corrected chi connectivity index (χ4v) is 2.09. The van der Waals surface area contributed by atoms with Gasteiger partial charge in [-0.05, 0) is 19.8 Å². The number of amides is 1. The number of piperidine rings is 1. The molecule has 0 unspecified atom stereocenters. The van der Waals surface area contributed by atoms with Crippen molar-refractivity contribution < 1.29 is 14.3 Å². The molecule has 0 radical (unpaired) electrons. The Bertz CT molecular complexity index is 218. The molecule has 0 N–H and O–H groups in total. The zero-order chi connectivity index (χ0) is 12.5. The Labute approximate surface area is 108 Å².